The van der Waals surface area contributed by atoms with Crippen molar-refractivity contribution in [3.63, 3.8) is 0 Å². The van der Waals surface area contributed by atoms with Gasteiger partial charge in [0.15, 0.2) is 0 Å². The molecule has 0 bridgehead atoms. The van der Waals surface area contributed by atoms with Crippen LogP contribution in [0.25, 0.3) is 0 Å². The second kappa shape index (κ2) is 8.99. The first-order valence-electron chi connectivity index (χ1n) is 9.62. The minimum Gasteiger partial charge on any atom is -0.464 e. The first-order chi connectivity index (χ1) is 13.0. The van der Waals surface area contributed by atoms with E-state index in [0.29, 0.717) is 6.42 Å². The van der Waals surface area contributed by atoms with Crippen LogP contribution in [0, 0.1) is 5.41 Å². The van der Waals surface area contributed by atoms with Gasteiger partial charge in [-0.1, -0.05) is 6.92 Å². The van der Waals surface area contributed by atoms with Gasteiger partial charge in [0, 0.05) is 39.3 Å². The summed E-state index contributed by atoms with van der Waals surface area (Å²) in [7, 11) is 0. The average Bonchev–Trinajstić information content (AvgIpc) is 3.46. The van der Waals surface area contributed by atoms with Crippen molar-refractivity contribution in [3.05, 3.63) is 0 Å². The van der Waals surface area contributed by atoms with Crippen LogP contribution in [0.5, 0.6) is 0 Å². The molecule has 0 N–H and O–H groups in total. The van der Waals surface area contributed by atoms with Crippen LogP contribution in [-0.2, 0) is 28.6 Å². The average molecular weight is 383 g/mol. The Kier molecular flexibility index (Phi) is 6.67. The maximum Gasteiger partial charge on any atom is 0.320 e. The molecule has 0 aromatic rings. The third-order valence-corrected chi connectivity index (χ3v) is 5.05. The van der Waals surface area contributed by atoms with Gasteiger partial charge >= 0.3 is 17.9 Å². The zero-order chi connectivity index (χ0) is 19.3. The molecule has 0 atom stereocenters. The van der Waals surface area contributed by atoms with Crippen LogP contribution in [0.3, 0.4) is 0 Å². The molecule has 0 amide bonds. The summed E-state index contributed by atoms with van der Waals surface area (Å²) >= 11 is 0. The second-order valence-electron chi connectivity index (χ2n) is 7.66. The minimum absolute atomic E-state index is 0.0597. The fourth-order valence-electron chi connectivity index (χ4n) is 2.50. The lowest BCUT2D eigenvalue weighted by Gasteiger charge is -2.31. The molecule has 0 aromatic carbocycles. The normalized spacial score (nSPS) is 19.4. The molecular formula is C18H29N3O6. The van der Waals surface area contributed by atoms with Crippen molar-refractivity contribution in [2.45, 2.75) is 13.3 Å². The summed E-state index contributed by atoms with van der Waals surface area (Å²) in [5.41, 5.74) is -0.725. The third-order valence-electron chi connectivity index (χ3n) is 5.05. The molecule has 3 fully saturated rings. The van der Waals surface area contributed by atoms with Crippen LogP contribution in [-0.4, -0.2) is 111 Å². The number of hydrogen-bond acceptors (Lipinski definition) is 9. The maximum absolute atomic E-state index is 11.9. The fraction of sp³-hybridized carbons (Fsp3) is 0.833. The van der Waals surface area contributed by atoms with Gasteiger partial charge < -0.3 is 14.2 Å². The van der Waals surface area contributed by atoms with E-state index in [0.717, 1.165) is 39.3 Å². The van der Waals surface area contributed by atoms with Gasteiger partial charge in [-0.05, 0) is 6.42 Å². The molecule has 152 valence electrons. The summed E-state index contributed by atoms with van der Waals surface area (Å²) in [6.45, 7) is 8.37. The summed E-state index contributed by atoms with van der Waals surface area (Å²) in [4.78, 5) is 41.7. The summed E-state index contributed by atoms with van der Waals surface area (Å²) in [5.74, 6) is -0.927. The maximum atomic E-state index is 11.9. The lowest BCUT2D eigenvalue weighted by Crippen LogP contribution is -2.40. The Bertz CT molecular complexity index is 483. The predicted octanol–water partition coefficient (Wildman–Crippen LogP) is -1.04. The smallest absolute Gasteiger partial charge is 0.320 e. The van der Waals surface area contributed by atoms with Crippen LogP contribution in [0.1, 0.15) is 13.3 Å². The van der Waals surface area contributed by atoms with Crippen molar-refractivity contribution in [2.24, 2.45) is 5.41 Å². The van der Waals surface area contributed by atoms with Crippen LogP contribution >= 0.6 is 0 Å². The highest BCUT2D eigenvalue weighted by Crippen LogP contribution is 2.25. The number of nitrogens with zero attached hydrogens (tertiary/aromatic N) is 3. The zero-order valence-electron chi connectivity index (χ0n) is 16.0. The Hall–Kier alpha value is -1.71. The molecule has 0 spiro atoms. The highest BCUT2D eigenvalue weighted by atomic mass is 16.6. The van der Waals surface area contributed by atoms with E-state index in [1.807, 2.05) is 21.6 Å². The van der Waals surface area contributed by atoms with E-state index in [-0.39, 0.29) is 57.4 Å². The van der Waals surface area contributed by atoms with Crippen LogP contribution < -0.4 is 0 Å². The Morgan fingerprint density at radius 3 is 1.19 bits per heavy atom. The lowest BCUT2D eigenvalue weighted by molar-refractivity contribution is -0.162. The molecule has 0 aliphatic carbocycles. The van der Waals surface area contributed by atoms with Gasteiger partial charge in [0.25, 0.3) is 0 Å². The number of rotatable bonds is 13. The largest absolute Gasteiger partial charge is 0.464 e. The molecule has 3 saturated heterocycles. The van der Waals surface area contributed by atoms with Crippen LogP contribution in [0.4, 0.5) is 0 Å². The molecule has 27 heavy (non-hydrogen) atoms. The molecule has 3 rings (SSSR count). The number of hydrogen-bond donors (Lipinski definition) is 0. The molecule has 3 aliphatic rings. The SMILES string of the molecule is CCC(COC(=O)CN1CC1)(COC(=O)CN1CC1)COC(=O)CN1CC1. The molecule has 0 radical (unpaired) electrons. The van der Waals surface area contributed by atoms with Gasteiger partial charge in [0.1, 0.15) is 19.8 Å². The van der Waals surface area contributed by atoms with E-state index >= 15 is 0 Å². The summed E-state index contributed by atoms with van der Waals surface area (Å²) in [6, 6.07) is 0. The van der Waals surface area contributed by atoms with E-state index in [1.54, 1.807) is 0 Å². The van der Waals surface area contributed by atoms with Crippen molar-refractivity contribution < 1.29 is 28.6 Å². The molecule has 9 nitrogen and oxygen atoms in total. The van der Waals surface area contributed by atoms with Crippen molar-refractivity contribution >= 4 is 17.9 Å². The lowest BCUT2D eigenvalue weighted by atomic mass is 9.88. The molecular weight excluding hydrogens is 354 g/mol. The van der Waals surface area contributed by atoms with Crippen molar-refractivity contribution in [1.82, 2.24) is 14.7 Å². The number of ether oxygens (including phenoxy) is 3. The van der Waals surface area contributed by atoms with Crippen molar-refractivity contribution in [1.29, 1.82) is 0 Å². The van der Waals surface area contributed by atoms with Gasteiger partial charge in [-0.15, -0.1) is 0 Å². The zero-order valence-corrected chi connectivity index (χ0v) is 16.0. The summed E-state index contributed by atoms with van der Waals surface area (Å²) in [5, 5.41) is 0. The minimum atomic E-state index is -0.725. The highest BCUT2D eigenvalue weighted by molar-refractivity contribution is 5.73. The van der Waals surface area contributed by atoms with Crippen molar-refractivity contribution in [2.75, 3.05) is 78.7 Å². The molecule has 0 saturated carbocycles. The number of esters is 3. The Labute approximate surface area is 159 Å². The summed E-state index contributed by atoms with van der Waals surface area (Å²) in [6.07, 6.45) is 0.554. The van der Waals surface area contributed by atoms with Gasteiger partial charge in [-0.3, -0.25) is 29.1 Å². The molecule has 3 heterocycles. The van der Waals surface area contributed by atoms with Crippen molar-refractivity contribution in [3.8, 4) is 0 Å². The van der Waals surface area contributed by atoms with E-state index in [1.165, 1.54) is 0 Å². The topological polar surface area (TPSA) is 87.9 Å². The number of carbonyl (C=O) groups excluding carboxylic acids is 3. The van der Waals surface area contributed by atoms with Gasteiger partial charge in [-0.2, -0.15) is 0 Å². The second-order valence-corrected chi connectivity index (χ2v) is 7.66. The first-order valence-corrected chi connectivity index (χ1v) is 9.62. The van der Waals surface area contributed by atoms with E-state index in [4.69, 9.17) is 14.2 Å². The Balaban J connectivity index is 1.50. The van der Waals surface area contributed by atoms with Gasteiger partial charge in [0.05, 0.1) is 25.0 Å². The molecule has 9 heteroatoms. The highest BCUT2D eigenvalue weighted by Gasteiger charge is 2.35. The first kappa shape index (κ1) is 20.0. The van der Waals surface area contributed by atoms with E-state index < -0.39 is 5.41 Å². The number of carbonyl (C=O) groups is 3. The molecule has 3 aliphatic heterocycles. The van der Waals surface area contributed by atoms with E-state index in [2.05, 4.69) is 0 Å². The van der Waals surface area contributed by atoms with Gasteiger partial charge in [-0.25, -0.2) is 0 Å². The Morgan fingerprint density at radius 2 is 0.963 bits per heavy atom. The third kappa shape index (κ3) is 7.43. The standard InChI is InChI=1S/C18H29N3O6/c1-2-18(12-25-15(22)9-19-3-4-19,13-26-16(23)10-20-5-6-20)14-27-17(24)11-21-7-8-21/h2-14H2,1H3. The summed E-state index contributed by atoms with van der Waals surface area (Å²) < 4.78 is 16.3. The monoisotopic (exact) mass is 383 g/mol. The predicted molar refractivity (Wildman–Crippen MR) is 94.9 cm³/mol. The molecule has 0 aromatic heterocycles. The van der Waals surface area contributed by atoms with Crippen LogP contribution in [0.2, 0.25) is 0 Å². The van der Waals surface area contributed by atoms with Crippen LogP contribution in [0.15, 0.2) is 0 Å². The Morgan fingerprint density at radius 1 is 0.667 bits per heavy atom. The van der Waals surface area contributed by atoms with E-state index in [9.17, 15) is 14.4 Å². The quantitative estimate of drug-likeness (QED) is 0.225. The fourth-order valence-corrected chi connectivity index (χ4v) is 2.50. The molecule has 0 unspecified atom stereocenters. The van der Waals surface area contributed by atoms with Gasteiger partial charge in [0.2, 0.25) is 0 Å².